The van der Waals surface area contributed by atoms with Crippen LogP contribution in [0.4, 0.5) is 0 Å². The highest BCUT2D eigenvalue weighted by Crippen LogP contribution is 2.33. The molecule has 0 amide bonds. The number of ketones is 1. The van der Waals surface area contributed by atoms with Gasteiger partial charge in [0.05, 0.1) is 12.5 Å². The van der Waals surface area contributed by atoms with E-state index in [1.165, 1.54) is 0 Å². The van der Waals surface area contributed by atoms with Crippen LogP contribution in [0.3, 0.4) is 0 Å². The van der Waals surface area contributed by atoms with Gasteiger partial charge in [0.1, 0.15) is 5.78 Å². The normalized spacial score (nSPS) is 35.7. The Morgan fingerprint density at radius 3 is 2.50 bits per heavy atom. The number of cyclic esters (lactones) is 1. The molecule has 3 heteroatoms. The van der Waals surface area contributed by atoms with Crippen LogP contribution in [0.25, 0.3) is 0 Å². The lowest BCUT2D eigenvalue weighted by Gasteiger charge is -2.11. The maximum absolute atomic E-state index is 11.3. The molecule has 2 aliphatic rings. The van der Waals surface area contributed by atoms with Crippen LogP contribution in [-0.2, 0) is 14.3 Å². The van der Waals surface area contributed by atoms with E-state index in [-0.39, 0.29) is 23.6 Å². The molecule has 0 spiro atoms. The fourth-order valence-corrected chi connectivity index (χ4v) is 2.14. The van der Waals surface area contributed by atoms with Gasteiger partial charge in [0.2, 0.25) is 0 Å². The maximum Gasteiger partial charge on any atom is 0.309 e. The number of rotatable bonds is 1. The van der Waals surface area contributed by atoms with E-state index in [0.29, 0.717) is 13.0 Å². The van der Waals surface area contributed by atoms with Gasteiger partial charge in [-0.05, 0) is 19.3 Å². The Hall–Kier alpha value is -0.860. The zero-order valence-corrected chi connectivity index (χ0v) is 6.91. The molecule has 3 nitrogen and oxygen atoms in total. The summed E-state index contributed by atoms with van der Waals surface area (Å²) < 4.78 is 4.84. The Bertz CT molecular complexity index is 198. The third-order valence-corrected chi connectivity index (χ3v) is 2.81. The third-order valence-electron chi connectivity index (χ3n) is 2.81. The molecule has 0 aromatic heterocycles. The molecule has 0 aromatic rings. The van der Waals surface area contributed by atoms with Crippen molar-refractivity contribution in [3.05, 3.63) is 0 Å². The topological polar surface area (TPSA) is 43.4 Å². The van der Waals surface area contributed by atoms with E-state index < -0.39 is 0 Å². The van der Waals surface area contributed by atoms with Gasteiger partial charge in [-0.25, -0.2) is 0 Å². The van der Waals surface area contributed by atoms with Gasteiger partial charge in [-0.1, -0.05) is 0 Å². The highest BCUT2D eigenvalue weighted by atomic mass is 16.5. The second kappa shape index (κ2) is 2.88. The van der Waals surface area contributed by atoms with Gasteiger partial charge in [-0.15, -0.1) is 0 Å². The second-order valence-corrected chi connectivity index (χ2v) is 3.53. The molecule has 1 heterocycles. The molecule has 1 saturated heterocycles. The highest BCUT2D eigenvalue weighted by molar-refractivity contribution is 5.88. The van der Waals surface area contributed by atoms with Gasteiger partial charge in [0.25, 0.3) is 0 Å². The quantitative estimate of drug-likeness (QED) is 0.547. The Kier molecular flexibility index (Phi) is 1.87. The van der Waals surface area contributed by atoms with Gasteiger partial charge >= 0.3 is 5.97 Å². The number of carbonyl (C=O) groups is 2. The molecule has 2 unspecified atom stereocenters. The zero-order valence-electron chi connectivity index (χ0n) is 6.91. The summed E-state index contributed by atoms with van der Waals surface area (Å²) in [4.78, 5) is 22.4. The van der Waals surface area contributed by atoms with Crippen LogP contribution in [0.2, 0.25) is 0 Å². The molecular weight excluding hydrogens is 156 g/mol. The summed E-state index contributed by atoms with van der Waals surface area (Å²) in [6.07, 6.45) is 3.25. The Balaban J connectivity index is 2.08. The number of Topliss-reactive ketones (excluding diaryl/α,β-unsaturated/α-hetero) is 1. The molecule has 0 N–H and O–H groups in total. The van der Waals surface area contributed by atoms with Gasteiger partial charge in [-0.2, -0.15) is 0 Å². The second-order valence-electron chi connectivity index (χ2n) is 3.53. The molecule has 0 bridgehead atoms. The smallest absolute Gasteiger partial charge is 0.309 e. The molecule has 2 fully saturated rings. The van der Waals surface area contributed by atoms with E-state index in [9.17, 15) is 9.59 Å². The van der Waals surface area contributed by atoms with Crippen molar-refractivity contribution in [1.29, 1.82) is 0 Å². The van der Waals surface area contributed by atoms with Crippen LogP contribution < -0.4 is 0 Å². The molecule has 2 atom stereocenters. The van der Waals surface area contributed by atoms with Gasteiger partial charge in [0.15, 0.2) is 0 Å². The van der Waals surface area contributed by atoms with Crippen LogP contribution in [0, 0.1) is 11.8 Å². The SMILES string of the molecule is O=C1CCCC1C1CCOC1=O. The Morgan fingerprint density at radius 1 is 1.17 bits per heavy atom. The molecule has 1 aliphatic heterocycles. The van der Waals surface area contributed by atoms with E-state index in [1.54, 1.807) is 0 Å². The molecule has 1 aliphatic carbocycles. The minimum atomic E-state index is -0.157. The van der Waals surface area contributed by atoms with Crippen molar-refractivity contribution in [2.45, 2.75) is 25.7 Å². The first-order valence-corrected chi connectivity index (χ1v) is 4.48. The number of hydrogen-bond donors (Lipinski definition) is 0. The lowest BCUT2D eigenvalue weighted by molar-refractivity contribution is -0.144. The molecule has 66 valence electrons. The number of ether oxygens (including phenoxy) is 1. The fraction of sp³-hybridized carbons (Fsp3) is 0.778. The summed E-state index contributed by atoms with van der Waals surface area (Å²) in [5.74, 6) is -0.0194. The summed E-state index contributed by atoms with van der Waals surface area (Å²) >= 11 is 0. The summed E-state index contributed by atoms with van der Waals surface area (Å²) in [5.41, 5.74) is 0. The summed E-state index contributed by atoms with van der Waals surface area (Å²) in [6, 6.07) is 0. The van der Waals surface area contributed by atoms with E-state index in [0.717, 1.165) is 19.3 Å². The van der Waals surface area contributed by atoms with E-state index in [2.05, 4.69) is 0 Å². The van der Waals surface area contributed by atoms with Crippen molar-refractivity contribution in [3.8, 4) is 0 Å². The number of carbonyl (C=O) groups excluding carboxylic acids is 2. The van der Waals surface area contributed by atoms with E-state index >= 15 is 0 Å². The van der Waals surface area contributed by atoms with Crippen LogP contribution in [0.1, 0.15) is 25.7 Å². The van der Waals surface area contributed by atoms with E-state index in [1.807, 2.05) is 0 Å². The van der Waals surface area contributed by atoms with Gasteiger partial charge < -0.3 is 4.74 Å². The van der Waals surface area contributed by atoms with Crippen LogP contribution in [-0.4, -0.2) is 18.4 Å². The Morgan fingerprint density at radius 2 is 2.00 bits per heavy atom. The van der Waals surface area contributed by atoms with E-state index in [4.69, 9.17) is 4.74 Å². The predicted molar refractivity (Wildman–Crippen MR) is 41.4 cm³/mol. The minimum absolute atomic E-state index is 0.0139. The molecule has 12 heavy (non-hydrogen) atoms. The molecule has 0 radical (unpaired) electrons. The highest BCUT2D eigenvalue weighted by Gasteiger charge is 2.39. The van der Waals surface area contributed by atoms with Crippen molar-refractivity contribution in [1.82, 2.24) is 0 Å². The van der Waals surface area contributed by atoms with Crippen molar-refractivity contribution in [2.24, 2.45) is 11.8 Å². The average Bonchev–Trinajstić information content (AvgIpc) is 2.59. The lowest BCUT2D eigenvalue weighted by atomic mass is 9.89. The summed E-state index contributed by atoms with van der Waals surface area (Å²) in [7, 11) is 0. The van der Waals surface area contributed by atoms with Gasteiger partial charge in [0, 0.05) is 12.3 Å². The summed E-state index contributed by atoms with van der Waals surface area (Å²) in [5, 5.41) is 0. The van der Waals surface area contributed by atoms with Crippen LogP contribution >= 0.6 is 0 Å². The largest absolute Gasteiger partial charge is 0.465 e. The number of esters is 1. The van der Waals surface area contributed by atoms with Crippen LogP contribution in [0.15, 0.2) is 0 Å². The monoisotopic (exact) mass is 168 g/mol. The minimum Gasteiger partial charge on any atom is -0.465 e. The van der Waals surface area contributed by atoms with Gasteiger partial charge in [-0.3, -0.25) is 9.59 Å². The third kappa shape index (κ3) is 1.13. The summed E-state index contributed by atoms with van der Waals surface area (Å²) in [6.45, 7) is 0.507. The first-order valence-electron chi connectivity index (χ1n) is 4.48. The first kappa shape index (κ1) is 7.77. The molecule has 2 rings (SSSR count). The maximum atomic E-state index is 11.3. The van der Waals surface area contributed by atoms with Crippen molar-refractivity contribution in [3.63, 3.8) is 0 Å². The molecular formula is C9H12O3. The van der Waals surface area contributed by atoms with Crippen molar-refractivity contribution < 1.29 is 14.3 Å². The van der Waals surface area contributed by atoms with Crippen molar-refractivity contribution in [2.75, 3.05) is 6.61 Å². The zero-order chi connectivity index (χ0) is 8.55. The molecule has 0 aromatic carbocycles. The first-order chi connectivity index (χ1) is 5.79. The average molecular weight is 168 g/mol. The lowest BCUT2D eigenvalue weighted by Crippen LogP contribution is -2.22. The fourth-order valence-electron chi connectivity index (χ4n) is 2.14. The van der Waals surface area contributed by atoms with Crippen molar-refractivity contribution >= 4 is 11.8 Å². The van der Waals surface area contributed by atoms with Crippen LogP contribution in [0.5, 0.6) is 0 Å². The molecule has 1 saturated carbocycles. The predicted octanol–water partition coefficient (Wildman–Crippen LogP) is 0.919. The Labute approximate surface area is 71.1 Å². The number of hydrogen-bond acceptors (Lipinski definition) is 3. The standard InChI is InChI=1S/C9H12O3/c10-8-3-1-2-6(8)7-4-5-12-9(7)11/h6-7H,1-5H2.